The summed E-state index contributed by atoms with van der Waals surface area (Å²) in [5, 5.41) is 4.17. The fourth-order valence-corrected chi connectivity index (χ4v) is 5.73. The minimum atomic E-state index is -4.55. The highest BCUT2D eigenvalue weighted by Crippen LogP contribution is 2.39. The van der Waals surface area contributed by atoms with Crippen molar-refractivity contribution in [3.63, 3.8) is 0 Å². The number of nitrogens with one attached hydrogen (secondary N) is 1. The number of anilines is 2. The van der Waals surface area contributed by atoms with Gasteiger partial charge in [-0.15, -0.1) is 11.3 Å². The van der Waals surface area contributed by atoms with Gasteiger partial charge in [0.2, 0.25) is 5.78 Å². The van der Waals surface area contributed by atoms with E-state index in [1.807, 2.05) is 19.1 Å². The number of benzene rings is 2. The van der Waals surface area contributed by atoms with Crippen molar-refractivity contribution in [1.82, 2.24) is 0 Å². The lowest BCUT2D eigenvalue weighted by atomic mass is 10.1. The summed E-state index contributed by atoms with van der Waals surface area (Å²) in [6.45, 7) is 1.93. The number of alkyl halides is 3. The first-order valence-corrected chi connectivity index (χ1v) is 11.7. The van der Waals surface area contributed by atoms with Gasteiger partial charge in [-0.1, -0.05) is 35.9 Å². The van der Waals surface area contributed by atoms with Gasteiger partial charge in [0.25, 0.3) is 10.0 Å². The molecule has 32 heavy (non-hydrogen) atoms. The number of fused-ring (bicyclic) bond motifs is 1. The van der Waals surface area contributed by atoms with Crippen LogP contribution >= 0.6 is 11.3 Å². The number of halogens is 3. The van der Waals surface area contributed by atoms with Crippen molar-refractivity contribution in [3.8, 4) is 0 Å². The van der Waals surface area contributed by atoms with Crippen LogP contribution in [0.5, 0.6) is 0 Å². The highest BCUT2D eigenvalue weighted by molar-refractivity contribution is 7.97. The Bertz CT molecular complexity index is 1310. The van der Waals surface area contributed by atoms with Crippen LogP contribution in [-0.2, 0) is 22.7 Å². The molecular weight excluding hydrogens is 461 g/mol. The standard InChI is InChI=1S/C22H17F3N2O3S2/c1-14-5-7-15(8-6-14)13-27-18-9-10-31-21(18)20(28)19(32(27,29)30)12-26-17-4-2-3-16(11-17)22(23,24)25/h2-12,26H,13H2,1H3/b19-12-. The molecule has 166 valence electrons. The van der Waals surface area contributed by atoms with Gasteiger partial charge in [-0.2, -0.15) is 13.2 Å². The van der Waals surface area contributed by atoms with Gasteiger partial charge in [-0.25, -0.2) is 8.42 Å². The van der Waals surface area contributed by atoms with Gasteiger partial charge in [0, 0.05) is 11.9 Å². The van der Waals surface area contributed by atoms with E-state index in [0.717, 1.165) is 45.1 Å². The molecular formula is C22H17F3N2O3S2. The Labute approximate surface area is 186 Å². The topological polar surface area (TPSA) is 66.5 Å². The molecule has 1 N–H and O–H groups in total. The third-order valence-electron chi connectivity index (χ3n) is 4.92. The molecule has 0 spiro atoms. The van der Waals surface area contributed by atoms with Gasteiger partial charge in [0.15, 0.2) is 4.91 Å². The Hall–Kier alpha value is -3.11. The Balaban J connectivity index is 1.71. The summed E-state index contributed by atoms with van der Waals surface area (Å²) in [5.74, 6) is -0.699. The first-order valence-electron chi connectivity index (χ1n) is 9.42. The number of hydrogen-bond donors (Lipinski definition) is 1. The maximum absolute atomic E-state index is 13.3. The average molecular weight is 479 g/mol. The van der Waals surface area contributed by atoms with Crippen LogP contribution in [-0.4, -0.2) is 14.2 Å². The maximum Gasteiger partial charge on any atom is 0.416 e. The summed E-state index contributed by atoms with van der Waals surface area (Å²) in [6.07, 6.45) is -3.59. The van der Waals surface area contributed by atoms with Crippen LogP contribution in [0.3, 0.4) is 0 Å². The molecule has 5 nitrogen and oxygen atoms in total. The molecule has 0 atom stereocenters. The Morgan fingerprint density at radius 1 is 1.09 bits per heavy atom. The SMILES string of the molecule is Cc1ccc(CN2c3ccsc3C(=O)/C(=C/Nc3cccc(C(F)(F)F)c3)S2(=O)=O)cc1. The lowest BCUT2D eigenvalue weighted by Crippen LogP contribution is -2.38. The molecule has 3 aromatic rings. The number of sulfonamides is 1. The minimum Gasteiger partial charge on any atom is -0.360 e. The number of thiophene rings is 1. The minimum absolute atomic E-state index is 0.0115. The summed E-state index contributed by atoms with van der Waals surface area (Å²) in [6, 6.07) is 13.2. The number of carbonyl (C=O) groups excluding carboxylic acids is 1. The number of carbonyl (C=O) groups is 1. The second-order valence-corrected chi connectivity index (χ2v) is 9.94. The molecule has 0 saturated heterocycles. The first kappa shape index (κ1) is 22.1. The van der Waals surface area contributed by atoms with Gasteiger partial charge in [-0.3, -0.25) is 9.10 Å². The summed E-state index contributed by atoms with van der Waals surface area (Å²) in [4.78, 5) is 12.6. The van der Waals surface area contributed by atoms with Crippen LogP contribution in [0.2, 0.25) is 0 Å². The predicted octanol–water partition coefficient (Wildman–Crippen LogP) is 5.56. The second-order valence-electron chi connectivity index (χ2n) is 7.19. The zero-order valence-corrected chi connectivity index (χ0v) is 18.3. The number of aryl methyl sites for hydroxylation is 1. The smallest absolute Gasteiger partial charge is 0.360 e. The van der Waals surface area contributed by atoms with E-state index in [-0.39, 0.29) is 22.8 Å². The predicted molar refractivity (Wildman–Crippen MR) is 118 cm³/mol. The number of nitrogens with zero attached hydrogens (tertiary/aromatic N) is 1. The normalized spacial score (nSPS) is 16.8. The summed E-state index contributed by atoms with van der Waals surface area (Å²) >= 11 is 1.11. The fourth-order valence-electron chi connectivity index (χ4n) is 3.25. The molecule has 0 unspecified atom stereocenters. The molecule has 10 heteroatoms. The van der Waals surface area contributed by atoms with E-state index in [4.69, 9.17) is 0 Å². The molecule has 0 radical (unpaired) electrons. The fraction of sp³-hybridized carbons (Fsp3) is 0.136. The van der Waals surface area contributed by atoms with Gasteiger partial charge < -0.3 is 5.32 Å². The van der Waals surface area contributed by atoms with Crippen LogP contribution in [0.25, 0.3) is 0 Å². The van der Waals surface area contributed by atoms with Gasteiger partial charge in [-0.05, 0) is 42.1 Å². The molecule has 2 heterocycles. The highest BCUT2D eigenvalue weighted by atomic mass is 32.2. The van der Waals surface area contributed by atoms with Crippen LogP contribution in [0.4, 0.5) is 24.5 Å². The van der Waals surface area contributed by atoms with E-state index in [0.29, 0.717) is 0 Å². The summed E-state index contributed by atoms with van der Waals surface area (Å²) < 4.78 is 66.7. The van der Waals surface area contributed by atoms with E-state index in [9.17, 15) is 26.4 Å². The molecule has 0 amide bonds. The van der Waals surface area contributed by atoms with Crippen molar-refractivity contribution in [2.75, 3.05) is 9.62 Å². The second kappa shape index (κ2) is 8.10. The largest absolute Gasteiger partial charge is 0.416 e. The lowest BCUT2D eigenvalue weighted by Gasteiger charge is -2.29. The monoisotopic (exact) mass is 478 g/mol. The third kappa shape index (κ3) is 4.15. The molecule has 0 aliphatic carbocycles. The van der Waals surface area contributed by atoms with Crippen molar-refractivity contribution in [1.29, 1.82) is 0 Å². The summed E-state index contributed by atoms with van der Waals surface area (Å²) in [5.41, 5.74) is 1.16. The van der Waals surface area contributed by atoms with E-state index in [1.165, 1.54) is 12.1 Å². The Morgan fingerprint density at radius 2 is 1.81 bits per heavy atom. The van der Waals surface area contributed by atoms with Crippen LogP contribution in [0, 0.1) is 6.92 Å². The quantitative estimate of drug-likeness (QED) is 0.499. The number of Topliss-reactive ketones (excluding diaryl/α,β-unsaturated/α-hetero) is 1. The van der Waals surface area contributed by atoms with Crippen molar-refractivity contribution in [3.05, 3.63) is 92.6 Å². The maximum atomic E-state index is 13.3. The molecule has 4 rings (SSSR count). The Morgan fingerprint density at radius 3 is 2.50 bits per heavy atom. The zero-order valence-electron chi connectivity index (χ0n) is 16.7. The lowest BCUT2D eigenvalue weighted by molar-refractivity contribution is -0.137. The molecule has 2 aromatic carbocycles. The van der Waals surface area contributed by atoms with E-state index >= 15 is 0 Å². The van der Waals surface area contributed by atoms with Crippen molar-refractivity contribution < 1.29 is 26.4 Å². The molecule has 0 fully saturated rings. The van der Waals surface area contributed by atoms with Gasteiger partial charge >= 0.3 is 6.18 Å². The first-order chi connectivity index (χ1) is 15.1. The van der Waals surface area contributed by atoms with E-state index in [1.54, 1.807) is 23.6 Å². The number of rotatable bonds is 4. The van der Waals surface area contributed by atoms with Crippen LogP contribution < -0.4 is 9.62 Å². The molecule has 1 aliphatic rings. The van der Waals surface area contributed by atoms with Gasteiger partial charge in [0.1, 0.15) is 4.88 Å². The molecule has 0 bridgehead atoms. The van der Waals surface area contributed by atoms with Crippen LogP contribution in [0.1, 0.15) is 26.4 Å². The molecule has 1 aromatic heterocycles. The number of ketones is 1. The average Bonchev–Trinajstić information content (AvgIpc) is 3.22. The van der Waals surface area contributed by atoms with Crippen molar-refractivity contribution >= 4 is 38.5 Å². The Kier molecular flexibility index (Phi) is 5.59. The number of hydrogen-bond acceptors (Lipinski definition) is 5. The summed E-state index contributed by atoms with van der Waals surface area (Å²) in [7, 11) is -4.25. The zero-order chi connectivity index (χ0) is 23.1. The van der Waals surface area contributed by atoms with Gasteiger partial charge in [0.05, 0.1) is 17.8 Å². The number of allylic oxidation sites excluding steroid dienone is 1. The van der Waals surface area contributed by atoms with E-state index in [2.05, 4.69) is 5.32 Å². The van der Waals surface area contributed by atoms with Crippen LogP contribution in [0.15, 0.2) is 71.1 Å². The molecule has 0 saturated carbocycles. The van der Waals surface area contributed by atoms with Crippen molar-refractivity contribution in [2.24, 2.45) is 0 Å². The molecule has 1 aliphatic heterocycles. The highest BCUT2D eigenvalue weighted by Gasteiger charge is 2.41. The third-order valence-corrected chi connectivity index (χ3v) is 7.59. The van der Waals surface area contributed by atoms with Crippen molar-refractivity contribution in [2.45, 2.75) is 19.6 Å². The van der Waals surface area contributed by atoms with E-state index < -0.39 is 32.5 Å².